The Morgan fingerprint density at radius 1 is 0.828 bits per heavy atom. The summed E-state index contributed by atoms with van der Waals surface area (Å²) in [5.74, 6) is 0.0284. The topological polar surface area (TPSA) is 135 Å². The predicted octanol–water partition coefficient (Wildman–Crippen LogP) is 8.03. The summed E-state index contributed by atoms with van der Waals surface area (Å²) in [6, 6.07) is 30.3. The van der Waals surface area contributed by atoms with E-state index in [9.17, 15) is 24.3 Å². The van der Waals surface area contributed by atoms with Crippen molar-refractivity contribution in [2.75, 3.05) is 33.9 Å². The van der Waals surface area contributed by atoms with Gasteiger partial charge in [-0.15, -0.1) is 0 Å². The first-order valence-electron chi connectivity index (χ1n) is 18.3. The number of benzene rings is 5. The molecule has 0 aliphatic carbocycles. The number of methoxy groups -OCH3 is 2. The number of carbonyl (C=O) groups excluding carboxylic acids is 4. The summed E-state index contributed by atoms with van der Waals surface area (Å²) in [4.78, 5) is 56.8. The van der Waals surface area contributed by atoms with Gasteiger partial charge in [0.15, 0.2) is 11.5 Å². The molecular formula is C44H40BrCl2N3O8. The van der Waals surface area contributed by atoms with Gasteiger partial charge in [0, 0.05) is 40.6 Å². The molecule has 0 aromatic heterocycles. The van der Waals surface area contributed by atoms with E-state index in [2.05, 4.69) is 21.2 Å². The highest BCUT2D eigenvalue weighted by molar-refractivity contribution is 9.10. The van der Waals surface area contributed by atoms with Gasteiger partial charge in [-0.05, 0) is 101 Å². The number of hydrogen-bond donors (Lipinski definition) is 2. The molecule has 2 N–H and O–H groups in total. The van der Waals surface area contributed by atoms with Crippen LogP contribution in [0.1, 0.15) is 48.6 Å². The average molecular weight is 890 g/mol. The molecule has 58 heavy (non-hydrogen) atoms. The molecule has 4 amide bonds. The number of para-hydroxylation sites is 1. The largest absolute Gasteiger partial charge is 0.493 e. The van der Waals surface area contributed by atoms with Crippen molar-refractivity contribution < 1.29 is 38.5 Å². The Balaban J connectivity index is 1.27. The molecule has 0 fully saturated rings. The average Bonchev–Trinajstić information content (AvgIpc) is 3.46. The molecule has 6 rings (SSSR count). The zero-order valence-electron chi connectivity index (χ0n) is 31.6. The van der Waals surface area contributed by atoms with Crippen molar-refractivity contribution in [3.8, 4) is 23.0 Å². The van der Waals surface area contributed by atoms with Crippen molar-refractivity contribution in [1.82, 2.24) is 15.1 Å². The number of nitrogens with zero attached hydrogens (tertiary/aromatic N) is 2. The molecule has 11 nitrogen and oxygen atoms in total. The molecule has 2 atom stereocenters. The highest BCUT2D eigenvalue weighted by atomic mass is 79.9. The number of ether oxygens (including phenoxy) is 3. The molecular weight excluding hydrogens is 849 g/mol. The summed E-state index contributed by atoms with van der Waals surface area (Å²) >= 11 is 16.1. The molecule has 1 heterocycles. The number of carbonyl (C=O) groups is 4. The van der Waals surface area contributed by atoms with E-state index >= 15 is 0 Å². The normalized spacial score (nSPS) is 13.1. The van der Waals surface area contributed by atoms with E-state index in [1.807, 2.05) is 48.5 Å². The number of nitrogens with one attached hydrogen (secondary N) is 1. The smallest absolute Gasteiger partial charge is 0.261 e. The van der Waals surface area contributed by atoms with Gasteiger partial charge in [0.2, 0.25) is 5.91 Å². The standard InChI is InChI=1S/C44H40BrCl2N3O8/c1-56-39-24-34(35(45)25-40(39)57-2)42(53)48-37(22-27-9-8-12-31(21-27)58-30-10-4-3-5-11-30)38(51)26-49(19-17-28-15-16-29(46)23-36(28)47)41(52)18-20-50-43(54)32-13-6-7-14-33(32)44(50)55/h3-16,21,23-25,37-38,51H,17-20,22,26H2,1-2H3,(H,48,53)/t37-,38?/m0/s1. The molecule has 0 spiro atoms. The highest BCUT2D eigenvalue weighted by Crippen LogP contribution is 2.34. The van der Waals surface area contributed by atoms with Crippen molar-refractivity contribution in [3.05, 3.63) is 152 Å². The van der Waals surface area contributed by atoms with Crippen molar-refractivity contribution in [1.29, 1.82) is 0 Å². The van der Waals surface area contributed by atoms with E-state index in [0.717, 1.165) is 16.0 Å². The third kappa shape index (κ3) is 10.2. The molecule has 300 valence electrons. The fraction of sp³-hybridized carbons (Fsp3) is 0.227. The Kier molecular flexibility index (Phi) is 14.1. The Morgan fingerprint density at radius 3 is 2.16 bits per heavy atom. The lowest BCUT2D eigenvalue weighted by atomic mass is 9.99. The second kappa shape index (κ2) is 19.4. The van der Waals surface area contributed by atoms with Crippen LogP contribution < -0.4 is 19.5 Å². The number of aliphatic hydroxyl groups excluding tert-OH is 1. The first kappa shape index (κ1) is 42.2. The maximum Gasteiger partial charge on any atom is 0.261 e. The van der Waals surface area contributed by atoms with E-state index in [4.69, 9.17) is 37.4 Å². The van der Waals surface area contributed by atoms with Crippen molar-refractivity contribution >= 4 is 62.8 Å². The van der Waals surface area contributed by atoms with Crippen LogP contribution in [0.4, 0.5) is 0 Å². The molecule has 5 aromatic carbocycles. The minimum atomic E-state index is -1.31. The highest BCUT2D eigenvalue weighted by Gasteiger charge is 2.36. The number of fused-ring (bicyclic) bond motifs is 1. The number of amides is 4. The Hall–Kier alpha value is -5.40. The van der Waals surface area contributed by atoms with Crippen LogP contribution in [0.2, 0.25) is 10.0 Å². The fourth-order valence-corrected chi connectivity index (χ4v) is 7.64. The summed E-state index contributed by atoms with van der Waals surface area (Å²) in [6.45, 7) is -0.271. The second-order valence-electron chi connectivity index (χ2n) is 13.5. The van der Waals surface area contributed by atoms with Crippen LogP contribution in [0.25, 0.3) is 0 Å². The maximum absolute atomic E-state index is 14.1. The first-order chi connectivity index (χ1) is 27.9. The van der Waals surface area contributed by atoms with Crippen LogP contribution in [0.3, 0.4) is 0 Å². The zero-order chi connectivity index (χ0) is 41.3. The summed E-state index contributed by atoms with van der Waals surface area (Å²) < 4.78 is 17.3. The number of hydrogen-bond acceptors (Lipinski definition) is 8. The van der Waals surface area contributed by atoms with Crippen LogP contribution in [0, 0.1) is 0 Å². The number of aliphatic hydroxyl groups is 1. The fourth-order valence-electron chi connectivity index (χ4n) is 6.63. The van der Waals surface area contributed by atoms with Crippen LogP contribution >= 0.6 is 39.1 Å². The van der Waals surface area contributed by atoms with E-state index in [-0.39, 0.29) is 49.2 Å². The number of rotatable bonds is 17. The lowest BCUT2D eigenvalue weighted by Gasteiger charge is -2.31. The summed E-state index contributed by atoms with van der Waals surface area (Å²) in [5, 5.41) is 15.9. The van der Waals surface area contributed by atoms with E-state index in [0.29, 0.717) is 43.9 Å². The van der Waals surface area contributed by atoms with Gasteiger partial charge in [0.05, 0.1) is 43.1 Å². The van der Waals surface area contributed by atoms with Gasteiger partial charge < -0.3 is 29.5 Å². The van der Waals surface area contributed by atoms with Crippen LogP contribution in [0.15, 0.2) is 114 Å². The molecule has 0 bridgehead atoms. The predicted molar refractivity (Wildman–Crippen MR) is 224 cm³/mol. The third-order valence-corrected chi connectivity index (χ3v) is 10.9. The lowest BCUT2D eigenvalue weighted by Crippen LogP contribution is -2.51. The second-order valence-corrected chi connectivity index (χ2v) is 15.2. The van der Waals surface area contributed by atoms with E-state index in [1.165, 1.54) is 25.2 Å². The molecule has 5 aromatic rings. The minimum absolute atomic E-state index is 0.113. The maximum atomic E-state index is 14.1. The summed E-state index contributed by atoms with van der Waals surface area (Å²) in [5.41, 5.74) is 2.24. The molecule has 1 aliphatic rings. The molecule has 0 saturated heterocycles. The van der Waals surface area contributed by atoms with Gasteiger partial charge in [-0.1, -0.05) is 71.7 Å². The minimum Gasteiger partial charge on any atom is -0.493 e. The Morgan fingerprint density at radius 2 is 1.48 bits per heavy atom. The quantitative estimate of drug-likeness (QED) is 0.0898. The Labute approximate surface area is 354 Å². The molecule has 1 unspecified atom stereocenters. The van der Waals surface area contributed by atoms with Gasteiger partial charge >= 0.3 is 0 Å². The Bertz CT molecular complexity index is 2280. The van der Waals surface area contributed by atoms with Gasteiger partial charge in [0.1, 0.15) is 11.5 Å². The lowest BCUT2D eigenvalue weighted by molar-refractivity contribution is -0.133. The molecule has 14 heteroatoms. The van der Waals surface area contributed by atoms with Crippen LogP contribution in [-0.4, -0.2) is 84.5 Å². The van der Waals surface area contributed by atoms with Crippen molar-refractivity contribution in [3.63, 3.8) is 0 Å². The van der Waals surface area contributed by atoms with Crippen molar-refractivity contribution in [2.45, 2.75) is 31.4 Å². The van der Waals surface area contributed by atoms with Gasteiger partial charge in [-0.2, -0.15) is 0 Å². The van der Waals surface area contributed by atoms with E-state index in [1.54, 1.807) is 54.6 Å². The monoisotopic (exact) mass is 887 g/mol. The van der Waals surface area contributed by atoms with Crippen molar-refractivity contribution in [2.24, 2.45) is 0 Å². The van der Waals surface area contributed by atoms with E-state index < -0.39 is 35.8 Å². The zero-order valence-corrected chi connectivity index (χ0v) is 34.7. The summed E-state index contributed by atoms with van der Waals surface area (Å²) in [7, 11) is 2.95. The molecule has 0 saturated carbocycles. The van der Waals surface area contributed by atoms with Gasteiger partial charge in [0.25, 0.3) is 17.7 Å². The third-order valence-electron chi connectivity index (χ3n) is 9.69. The first-order valence-corrected chi connectivity index (χ1v) is 19.9. The summed E-state index contributed by atoms with van der Waals surface area (Å²) in [6.07, 6.45) is -1.08. The van der Waals surface area contributed by atoms with Gasteiger partial charge in [-0.25, -0.2) is 0 Å². The SMILES string of the molecule is COc1cc(Br)c(C(=O)N[C@@H](Cc2cccc(Oc3ccccc3)c2)C(O)CN(CCc2ccc(Cl)cc2Cl)C(=O)CCN2C(=O)c3ccccc3C2=O)cc1OC. The number of halogens is 3. The number of imide groups is 1. The molecule has 0 radical (unpaired) electrons. The molecule has 1 aliphatic heterocycles. The van der Waals surface area contributed by atoms with Crippen LogP contribution in [0.5, 0.6) is 23.0 Å². The van der Waals surface area contributed by atoms with Gasteiger partial charge in [-0.3, -0.25) is 24.1 Å². The van der Waals surface area contributed by atoms with Crippen LogP contribution in [-0.2, 0) is 17.6 Å².